The Labute approximate surface area is 183 Å². The summed E-state index contributed by atoms with van der Waals surface area (Å²) in [5, 5.41) is 5.57. The van der Waals surface area contributed by atoms with Gasteiger partial charge in [0.25, 0.3) is 0 Å². The monoisotopic (exact) mass is 441 g/mol. The van der Waals surface area contributed by atoms with E-state index in [4.69, 9.17) is 4.98 Å². The number of fused-ring (bicyclic) bond motifs is 2. The molecule has 1 aromatic heterocycles. The normalized spacial score (nSPS) is 11.2. The Morgan fingerprint density at radius 3 is 1.90 bits per heavy atom. The third kappa shape index (κ3) is 4.83. The summed E-state index contributed by atoms with van der Waals surface area (Å²) >= 11 is 0. The molecule has 3 aromatic carbocycles. The second-order valence-corrected chi connectivity index (χ2v) is 8.84. The Balaban J connectivity index is 0.00000256. The van der Waals surface area contributed by atoms with Crippen LogP contribution in [0.25, 0.3) is 21.8 Å². The van der Waals surface area contributed by atoms with E-state index in [2.05, 4.69) is 10.0 Å². The molecule has 0 saturated carbocycles. The summed E-state index contributed by atoms with van der Waals surface area (Å²) in [6.07, 6.45) is 1.49. The Kier molecular flexibility index (Phi) is 6.80. The SMILES string of the molecule is CCCCS(=O)(=O)Nc1ccc(Nc2c3ccccc3nc3ccccc23)cc1.Cl. The van der Waals surface area contributed by atoms with Crippen molar-refractivity contribution in [3.63, 3.8) is 0 Å². The number of aromatic nitrogens is 1. The van der Waals surface area contributed by atoms with Crippen molar-refractivity contribution >= 4 is 61.3 Å². The molecule has 1 heterocycles. The highest BCUT2D eigenvalue weighted by Gasteiger charge is 2.11. The lowest BCUT2D eigenvalue weighted by atomic mass is 10.1. The molecule has 0 spiro atoms. The molecule has 0 aliphatic rings. The molecule has 4 rings (SSSR count). The summed E-state index contributed by atoms with van der Waals surface area (Å²) in [6, 6.07) is 23.4. The van der Waals surface area contributed by atoms with Crippen LogP contribution in [0, 0.1) is 0 Å². The van der Waals surface area contributed by atoms with E-state index < -0.39 is 10.0 Å². The number of halogens is 1. The highest BCUT2D eigenvalue weighted by molar-refractivity contribution is 7.92. The maximum atomic E-state index is 12.1. The van der Waals surface area contributed by atoms with Gasteiger partial charge < -0.3 is 5.32 Å². The van der Waals surface area contributed by atoms with Crippen LogP contribution in [0.2, 0.25) is 0 Å². The minimum atomic E-state index is -3.30. The van der Waals surface area contributed by atoms with Crippen molar-refractivity contribution in [1.82, 2.24) is 4.98 Å². The topological polar surface area (TPSA) is 71.1 Å². The van der Waals surface area contributed by atoms with Gasteiger partial charge in [0.05, 0.1) is 22.5 Å². The molecule has 0 bridgehead atoms. The molecule has 5 nitrogen and oxygen atoms in total. The zero-order valence-electron chi connectivity index (χ0n) is 16.6. The van der Waals surface area contributed by atoms with Crippen LogP contribution in [-0.2, 0) is 10.0 Å². The maximum Gasteiger partial charge on any atom is 0.232 e. The highest BCUT2D eigenvalue weighted by atomic mass is 35.5. The Morgan fingerprint density at radius 2 is 1.33 bits per heavy atom. The molecule has 0 aliphatic heterocycles. The fourth-order valence-corrected chi connectivity index (χ4v) is 4.57. The molecule has 30 heavy (non-hydrogen) atoms. The third-order valence-electron chi connectivity index (χ3n) is 4.78. The second kappa shape index (κ2) is 9.32. The number of hydrogen-bond donors (Lipinski definition) is 2. The molecule has 7 heteroatoms. The Morgan fingerprint density at radius 1 is 0.800 bits per heavy atom. The summed E-state index contributed by atoms with van der Waals surface area (Å²) in [5.41, 5.74) is 4.28. The Hall–Kier alpha value is -2.83. The van der Waals surface area contributed by atoms with Crippen molar-refractivity contribution in [3.8, 4) is 0 Å². The van der Waals surface area contributed by atoms with E-state index in [-0.39, 0.29) is 18.2 Å². The number of para-hydroxylation sites is 2. The molecule has 0 atom stereocenters. The van der Waals surface area contributed by atoms with Gasteiger partial charge in [-0.1, -0.05) is 49.7 Å². The van der Waals surface area contributed by atoms with Gasteiger partial charge >= 0.3 is 0 Å². The lowest BCUT2D eigenvalue weighted by Gasteiger charge is -2.14. The van der Waals surface area contributed by atoms with Gasteiger partial charge in [0, 0.05) is 22.1 Å². The first kappa shape index (κ1) is 21.9. The number of benzene rings is 3. The lowest BCUT2D eigenvalue weighted by molar-refractivity contribution is 0.598. The van der Waals surface area contributed by atoms with Gasteiger partial charge in [-0.15, -0.1) is 12.4 Å². The first-order valence-electron chi connectivity index (χ1n) is 9.71. The summed E-state index contributed by atoms with van der Waals surface area (Å²) in [7, 11) is -3.30. The number of anilines is 3. The van der Waals surface area contributed by atoms with Gasteiger partial charge in [0.2, 0.25) is 10.0 Å². The van der Waals surface area contributed by atoms with E-state index in [1.165, 1.54) is 0 Å². The van der Waals surface area contributed by atoms with Crippen molar-refractivity contribution in [1.29, 1.82) is 0 Å². The summed E-state index contributed by atoms with van der Waals surface area (Å²) in [5.74, 6) is 0.137. The number of sulfonamides is 1. The van der Waals surface area contributed by atoms with Gasteiger partial charge in [-0.25, -0.2) is 13.4 Å². The summed E-state index contributed by atoms with van der Waals surface area (Å²) in [4.78, 5) is 4.74. The van der Waals surface area contributed by atoms with E-state index in [1.54, 1.807) is 12.1 Å². The average Bonchev–Trinajstić information content (AvgIpc) is 2.73. The van der Waals surface area contributed by atoms with Crippen LogP contribution in [-0.4, -0.2) is 19.2 Å². The van der Waals surface area contributed by atoms with E-state index in [1.807, 2.05) is 67.6 Å². The zero-order chi connectivity index (χ0) is 20.3. The van der Waals surface area contributed by atoms with Crippen LogP contribution < -0.4 is 10.0 Å². The molecule has 0 amide bonds. The molecule has 0 unspecified atom stereocenters. The minimum Gasteiger partial charge on any atom is -0.354 e. The molecule has 0 radical (unpaired) electrons. The maximum absolute atomic E-state index is 12.1. The fraction of sp³-hybridized carbons (Fsp3) is 0.174. The number of nitrogens with zero attached hydrogens (tertiary/aromatic N) is 1. The molecule has 156 valence electrons. The van der Waals surface area contributed by atoms with Crippen LogP contribution in [0.4, 0.5) is 17.1 Å². The second-order valence-electron chi connectivity index (χ2n) is 7.00. The number of pyridine rings is 1. The molecule has 4 aromatic rings. The smallest absolute Gasteiger partial charge is 0.232 e. The fourth-order valence-electron chi connectivity index (χ4n) is 3.31. The molecular weight excluding hydrogens is 418 g/mol. The van der Waals surface area contributed by atoms with E-state index >= 15 is 0 Å². The minimum absolute atomic E-state index is 0. The standard InChI is InChI=1S/C23H23N3O2S.ClH/c1-2-3-16-29(27,28)26-18-14-12-17(13-15-18)24-23-19-8-4-6-10-21(19)25-22-11-7-5-9-20(22)23;/h4-15,26H,2-3,16H2,1H3,(H,24,25);1H. The van der Waals surface area contributed by atoms with Crippen LogP contribution in [0.5, 0.6) is 0 Å². The number of nitrogens with one attached hydrogen (secondary N) is 2. The van der Waals surface area contributed by atoms with Gasteiger partial charge in [-0.2, -0.15) is 0 Å². The predicted molar refractivity (Wildman–Crippen MR) is 129 cm³/mol. The number of unbranched alkanes of at least 4 members (excludes halogenated alkanes) is 1. The Bertz CT molecular complexity index is 1200. The lowest BCUT2D eigenvalue weighted by Crippen LogP contribution is -2.16. The molecular formula is C23H24ClN3O2S. The first-order chi connectivity index (χ1) is 14.1. The number of rotatable bonds is 7. The van der Waals surface area contributed by atoms with Crippen molar-refractivity contribution in [2.75, 3.05) is 15.8 Å². The van der Waals surface area contributed by atoms with E-state index in [9.17, 15) is 8.42 Å². The zero-order valence-corrected chi connectivity index (χ0v) is 18.3. The number of hydrogen-bond acceptors (Lipinski definition) is 4. The quantitative estimate of drug-likeness (QED) is 0.340. The van der Waals surface area contributed by atoms with Crippen molar-refractivity contribution in [2.45, 2.75) is 19.8 Å². The van der Waals surface area contributed by atoms with Crippen molar-refractivity contribution in [2.24, 2.45) is 0 Å². The molecule has 0 saturated heterocycles. The molecule has 2 N–H and O–H groups in total. The highest BCUT2D eigenvalue weighted by Crippen LogP contribution is 2.33. The van der Waals surface area contributed by atoms with E-state index in [0.29, 0.717) is 12.1 Å². The molecule has 0 fully saturated rings. The summed E-state index contributed by atoms with van der Waals surface area (Å²) in [6.45, 7) is 1.97. The van der Waals surface area contributed by atoms with Gasteiger partial charge in [-0.3, -0.25) is 4.72 Å². The van der Waals surface area contributed by atoms with Crippen LogP contribution >= 0.6 is 12.4 Å². The van der Waals surface area contributed by atoms with Gasteiger partial charge in [0.1, 0.15) is 0 Å². The first-order valence-corrected chi connectivity index (χ1v) is 11.4. The van der Waals surface area contributed by atoms with Gasteiger partial charge in [-0.05, 0) is 42.8 Å². The summed E-state index contributed by atoms with van der Waals surface area (Å²) < 4.78 is 26.8. The third-order valence-corrected chi connectivity index (χ3v) is 6.15. The van der Waals surface area contributed by atoms with Crippen LogP contribution in [0.15, 0.2) is 72.8 Å². The van der Waals surface area contributed by atoms with Crippen LogP contribution in [0.3, 0.4) is 0 Å². The van der Waals surface area contributed by atoms with Crippen molar-refractivity contribution in [3.05, 3.63) is 72.8 Å². The molecule has 0 aliphatic carbocycles. The average molecular weight is 442 g/mol. The van der Waals surface area contributed by atoms with Crippen LogP contribution in [0.1, 0.15) is 19.8 Å². The van der Waals surface area contributed by atoms with Crippen molar-refractivity contribution < 1.29 is 8.42 Å². The van der Waals surface area contributed by atoms with E-state index in [0.717, 1.165) is 39.6 Å². The predicted octanol–water partition coefficient (Wildman–Crippen LogP) is 6.10. The van der Waals surface area contributed by atoms with Gasteiger partial charge in [0.15, 0.2) is 0 Å². The largest absolute Gasteiger partial charge is 0.354 e.